The van der Waals surface area contributed by atoms with Crippen molar-refractivity contribution in [1.29, 1.82) is 0 Å². The second-order valence-corrected chi connectivity index (χ2v) is 7.23. The van der Waals surface area contributed by atoms with Gasteiger partial charge in [-0.2, -0.15) is 0 Å². The number of hydrogen-bond acceptors (Lipinski definition) is 5. The molecule has 4 rings (SSSR count). The lowest BCUT2D eigenvalue weighted by Crippen LogP contribution is -2.39. The summed E-state index contributed by atoms with van der Waals surface area (Å²) >= 11 is 1.43. The Bertz CT molecular complexity index is 837. The van der Waals surface area contributed by atoms with Gasteiger partial charge in [-0.1, -0.05) is 18.2 Å². The summed E-state index contributed by atoms with van der Waals surface area (Å²) < 4.78 is 11.2. The summed E-state index contributed by atoms with van der Waals surface area (Å²) in [5.74, 6) is 2.08. The second-order valence-electron chi connectivity index (χ2n) is 6.37. The van der Waals surface area contributed by atoms with Crippen molar-refractivity contribution < 1.29 is 13.9 Å². The van der Waals surface area contributed by atoms with Crippen LogP contribution in [-0.4, -0.2) is 35.5 Å². The first-order chi connectivity index (χ1) is 12.8. The van der Waals surface area contributed by atoms with E-state index in [2.05, 4.69) is 4.98 Å². The lowest BCUT2D eigenvalue weighted by atomic mass is 9.97. The van der Waals surface area contributed by atoms with E-state index in [0.29, 0.717) is 24.0 Å². The highest BCUT2D eigenvalue weighted by molar-refractivity contribution is 7.13. The maximum Gasteiger partial charge on any atom is 0.273 e. The Labute approximate surface area is 156 Å². The average Bonchev–Trinajstić information content (AvgIpc) is 3.38. The van der Waals surface area contributed by atoms with Crippen LogP contribution in [-0.2, 0) is 0 Å². The summed E-state index contributed by atoms with van der Waals surface area (Å²) in [6.45, 7) is 2.19. The molecule has 1 aromatic carbocycles. The fourth-order valence-electron chi connectivity index (χ4n) is 3.08. The van der Waals surface area contributed by atoms with Gasteiger partial charge in [-0.3, -0.25) is 4.79 Å². The van der Waals surface area contributed by atoms with Gasteiger partial charge < -0.3 is 14.1 Å². The fraction of sp³-hybridized carbons (Fsp3) is 0.300. The SMILES string of the molecule is O=C(c1csc(-c2ccco2)n1)N1CCC(COc2ccccc2)CC1. The molecule has 0 saturated carbocycles. The Balaban J connectivity index is 1.29. The molecular weight excluding hydrogens is 348 g/mol. The van der Waals surface area contributed by atoms with E-state index in [0.717, 1.165) is 36.7 Å². The molecule has 26 heavy (non-hydrogen) atoms. The van der Waals surface area contributed by atoms with E-state index in [-0.39, 0.29) is 5.91 Å². The molecule has 0 bridgehead atoms. The molecule has 5 nitrogen and oxygen atoms in total. The smallest absolute Gasteiger partial charge is 0.273 e. The highest BCUT2D eigenvalue weighted by Crippen LogP contribution is 2.26. The Morgan fingerprint density at radius 2 is 2.00 bits per heavy atom. The lowest BCUT2D eigenvalue weighted by Gasteiger charge is -2.31. The Hall–Kier alpha value is -2.60. The van der Waals surface area contributed by atoms with Crippen LogP contribution in [0.5, 0.6) is 5.75 Å². The van der Waals surface area contributed by atoms with Crippen LogP contribution in [0.15, 0.2) is 58.5 Å². The third kappa shape index (κ3) is 3.80. The third-order valence-corrected chi connectivity index (χ3v) is 5.44. The van der Waals surface area contributed by atoms with E-state index >= 15 is 0 Å². The highest BCUT2D eigenvalue weighted by atomic mass is 32.1. The molecule has 1 amide bonds. The molecule has 1 aliphatic heterocycles. The maximum absolute atomic E-state index is 12.7. The normalized spacial score (nSPS) is 15.2. The van der Waals surface area contributed by atoms with Gasteiger partial charge in [0.15, 0.2) is 10.8 Å². The number of aromatic nitrogens is 1. The largest absolute Gasteiger partial charge is 0.493 e. The van der Waals surface area contributed by atoms with Gasteiger partial charge in [0.2, 0.25) is 0 Å². The van der Waals surface area contributed by atoms with Crippen LogP contribution < -0.4 is 4.74 Å². The monoisotopic (exact) mass is 368 g/mol. The summed E-state index contributed by atoms with van der Waals surface area (Å²) in [5.41, 5.74) is 0.500. The van der Waals surface area contributed by atoms with Gasteiger partial charge in [0, 0.05) is 18.5 Å². The van der Waals surface area contributed by atoms with Crippen molar-refractivity contribution in [1.82, 2.24) is 9.88 Å². The summed E-state index contributed by atoms with van der Waals surface area (Å²) in [5, 5.41) is 2.55. The van der Waals surface area contributed by atoms with Crippen LogP contribution >= 0.6 is 11.3 Å². The number of likely N-dealkylation sites (tertiary alicyclic amines) is 1. The van der Waals surface area contributed by atoms with Crippen molar-refractivity contribution in [2.45, 2.75) is 12.8 Å². The number of hydrogen-bond donors (Lipinski definition) is 0. The number of nitrogens with zero attached hydrogens (tertiary/aromatic N) is 2. The van der Waals surface area contributed by atoms with Crippen LogP contribution in [0.4, 0.5) is 0 Å². The summed E-state index contributed by atoms with van der Waals surface area (Å²) in [4.78, 5) is 19.0. The fourth-order valence-corrected chi connectivity index (χ4v) is 3.84. The number of carbonyl (C=O) groups excluding carboxylic acids is 1. The van der Waals surface area contributed by atoms with E-state index in [9.17, 15) is 4.79 Å². The topological polar surface area (TPSA) is 55.6 Å². The Morgan fingerprint density at radius 1 is 1.19 bits per heavy atom. The quantitative estimate of drug-likeness (QED) is 0.672. The van der Waals surface area contributed by atoms with E-state index < -0.39 is 0 Å². The van der Waals surface area contributed by atoms with Crippen molar-refractivity contribution in [3.05, 3.63) is 59.8 Å². The molecular formula is C20H20N2O3S. The first-order valence-electron chi connectivity index (χ1n) is 8.76. The summed E-state index contributed by atoms with van der Waals surface area (Å²) in [6, 6.07) is 13.5. The highest BCUT2D eigenvalue weighted by Gasteiger charge is 2.25. The second kappa shape index (κ2) is 7.74. The third-order valence-electron chi connectivity index (χ3n) is 4.59. The van der Waals surface area contributed by atoms with Crippen molar-refractivity contribution in [2.75, 3.05) is 19.7 Å². The standard InChI is InChI=1S/C20H20N2O3S/c23-20(17-14-26-19(21-17)18-7-4-12-24-18)22-10-8-15(9-11-22)13-25-16-5-2-1-3-6-16/h1-7,12,14-15H,8-11,13H2. The van der Waals surface area contributed by atoms with Gasteiger partial charge in [0.05, 0.1) is 12.9 Å². The average molecular weight is 368 g/mol. The number of thiazole rings is 1. The van der Waals surface area contributed by atoms with Crippen LogP contribution in [0.1, 0.15) is 23.3 Å². The van der Waals surface area contributed by atoms with E-state index in [1.165, 1.54) is 11.3 Å². The van der Waals surface area contributed by atoms with Gasteiger partial charge in [-0.05, 0) is 43.0 Å². The molecule has 1 saturated heterocycles. The van der Waals surface area contributed by atoms with Crippen LogP contribution in [0.2, 0.25) is 0 Å². The zero-order chi connectivity index (χ0) is 17.8. The molecule has 0 N–H and O–H groups in total. The van der Waals surface area contributed by atoms with Crippen LogP contribution in [0, 0.1) is 5.92 Å². The molecule has 1 fully saturated rings. The van der Waals surface area contributed by atoms with E-state index in [4.69, 9.17) is 9.15 Å². The molecule has 0 aliphatic carbocycles. The van der Waals surface area contributed by atoms with Crippen molar-refractivity contribution in [3.8, 4) is 16.5 Å². The van der Waals surface area contributed by atoms with Crippen molar-refractivity contribution in [2.24, 2.45) is 5.92 Å². The predicted octanol–water partition coefficient (Wildman–Crippen LogP) is 4.33. The molecule has 2 aromatic heterocycles. The number of para-hydroxylation sites is 1. The van der Waals surface area contributed by atoms with Crippen molar-refractivity contribution in [3.63, 3.8) is 0 Å². The molecule has 0 unspecified atom stereocenters. The number of amides is 1. The lowest BCUT2D eigenvalue weighted by molar-refractivity contribution is 0.0656. The maximum atomic E-state index is 12.7. The van der Waals surface area contributed by atoms with Gasteiger partial charge >= 0.3 is 0 Å². The van der Waals surface area contributed by atoms with Crippen molar-refractivity contribution >= 4 is 17.2 Å². The first-order valence-corrected chi connectivity index (χ1v) is 9.64. The Kier molecular flexibility index (Phi) is 5.02. The molecule has 0 atom stereocenters. The summed E-state index contributed by atoms with van der Waals surface area (Å²) in [7, 11) is 0. The van der Waals surface area contributed by atoms with Gasteiger partial charge in [0.25, 0.3) is 5.91 Å². The molecule has 134 valence electrons. The minimum atomic E-state index is 0.00137. The van der Waals surface area contributed by atoms with Gasteiger partial charge in [-0.15, -0.1) is 11.3 Å². The molecule has 0 radical (unpaired) electrons. The molecule has 0 spiro atoms. The number of benzene rings is 1. The number of rotatable bonds is 5. The Morgan fingerprint density at radius 3 is 2.73 bits per heavy atom. The number of piperidine rings is 1. The first kappa shape index (κ1) is 16.8. The zero-order valence-corrected chi connectivity index (χ0v) is 15.2. The molecule has 3 aromatic rings. The zero-order valence-electron chi connectivity index (χ0n) is 14.3. The molecule has 6 heteroatoms. The molecule has 1 aliphatic rings. The number of carbonyl (C=O) groups is 1. The van der Waals surface area contributed by atoms with Crippen LogP contribution in [0.25, 0.3) is 10.8 Å². The summed E-state index contributed by atoms with van der Waals surface area (Å²) in [6.07, 6.45) is 3.52. The molecule has 3 heterocycles. The van der Waals surface area contributed by atoms with E-state index in [1.54, 1.807) is 6.26 Å². The van der Waals surface area contributed by atoms with Gasteiger partial charge in [0.1, 0.15) is 11.4 Å². The minimum Gasteiger partial charge on any atom is -0.493 e. The van der Waals surface area contributed by atoms with Crippen LogP contribution in [0.3, 0.4) is 0 Å². The predicted molar refractivity (Wildman–Crippen MR) is 100 cm³/mol. The number of furan rings is 1. The number of ether oxygens (including phenoxy) is 1. The van der Waals surface area contributed by atoms with Gasteiger partial charge in [-0.25, -0.2) is 4.98 Å². The van der Waals surface area contributed by atoms with E-state index in [1.807, 2.05) is 52.7 Å². The minimum absolute atomic E-state index is 0.00137.